The van der Waals surface area contributed by atoms with Crippen LogP contribution in [0.4, 0.5) is 0 Å². The van der Waals surface area contributed by atoms with E-state index < -0.39 is 0 Å². The van der Waals surface area contributed by atoms with E-state index in [0.29, 0.717) is 6.42 Å². The summed E-state index contributed by atoms with van der Waals surface area (Å²) >= 11 is 0. The van der Waals surface area contributed by atoms with Gasteiger partial charge in [-0.2, -0.15) is 0 Å². The molecule has 1 aromatic rings. The molecule has 0 bridgehead atoms. The monoisotopic (exact) mass is 202 g/mol. The van der Waals surface area contributed by atoms with Gasteiger partial charge in [0.25, 0.3) is 0 Å². The number of hydrogen-bond acceptors (Lipinski definition) is 3. The SMILES string of the molecule is CC1(C)C=C(c2ccncn2)C(=O)CC1. The summed E-state index contributed by atoms with van der Waals surface area (Å²) in [6.07, 6.45) is 6.70. The minimum Gasteiger partial charge on any atom is -0.294 e. The highest BCUT2D eigenvalue weighted by Crippen LogP contribution is 2.34. The Hall–Kier alpha value is -1.51. The van der Waals surface area contributed by atoms with Crippen LogP contribution in [0.1, 0.15) is 32.4 Å². The summed E-state index contributed by atoms with van der Waals surface area (Å²) in [5.74, 6) is 0.188. The summed E-state index contributed by atoms with van der Waals surface area (Å²) in [5, 5.41) is 0. The summed E-state index contributed by atoms with van der Waals surface area (Å²) in [4.78, 5) is 19.7. The third kappa shape index (κ3) is 2.12. The molecule has 78 valence electrons. The minimum atomic E-state index is 0.0915. The fraction of sp³-hybridized carbons (Fsp3) is 0.417. The van der Waals surface area contributed by atoms with Gasteiger partial charge < -0.3 is 0 Å². The van der Waals surface area contributed by atoms with Gasteiger partial charge in [-0.05, 0) is 17.9 Å². The van der Waals surface area contributed by atoms with Crippen LogP contribution in [0.3, 0.4) is 0 Å². The molecule has 0 N–H and O–H groups in total. The fourth-order valence-electron chi connectivity index (χ4n) is 1.78. The molecular weight excluding hydrogens is 188 g/mol. The molecule has 0 fully saturated rings. The van der Waals surface area contributed by atoms with Crippen molar-refractivity contribution in [3.8, 4) is 0 Å². The maximum absolute atomic E-state index is 11.8. The van der Waals surface area contributed by atoms with Gasteiger partial charge >= 0.3 is 0 Å². The standard InChI is InChI=1S/C12H14N2O/c1-12(2)5-3-11(15)9(7-12)10-4-6-13-8-14-10/h4,6-8H,3,5H2,1-2H3. The highest BCUT2D eigenvalue weighted by Gasteiger charge is 2.26. The van der Waals surface area contributed by atoms with Crippen molar-refractivity contribution in [3.63, 3.8) is 0 Å². The molecular formula is C12H14N2O. The topological polar surface area (TPSA) is 42.9 Å². The predicted molar refractivity (Wildman–Crippen MR) is 58.0 cm³/mol. The molecule has 0 unspecified atom stereocenters. The Labute approximate surface area is 89.3 Å². The molecule has 0 spiro atoms. The molecule has 1 aliphatic carbocycles. The number of ketones is 1. The maximum atomic E-state index is 11.8. The van der Waals surface area contributed by atoms with Crippen molar-refractivity contribution in [1.29, 1.82) is 0 Å². The highest BCUT2D eigenvalue weighted by atomic mass is 16.1. The highest BCUT2D eigenvalue weighted by molar-refractivity contribution is 6.20. The third-order valence-corrected chi connectivity index (χ3v) is 2.69. The first-order valence-corrected chi connectivity index (χ1v) is 5.11. The lowest BCUT2D eigenvalue weighted by molar-refractivity contribution is -0.114. The molecule has 0 amide bonds. The van der Waals surface area contributed by atoms with E-state index in [1.54, 1.807) is 12.3 Å². The number of hydrogen-bond donors (Lipinski definition) is 0. The first-order chi connectivity index (χ1) is 7.08. The molecule has 0 radical (unpaired) electrons. The van der Waals surface area contributed by atoms with E-state index in [4.69, 9.17) is 0 Å². The Morgan fingerprint density at radius 1 is 1.40 bits per heavy atom. The number of aromatic nitrogens is 2. The van der Waals surface area contributed by atoms with E-state index in [1.165, 1.54) is 6.33 Å². The van der Waals surface area contributed by atoms with Gasteiger partial charge in [0.1, 0.15) is 6.33 Å². The number of carbonyl (C=O) groups excluding carboxylic acids is 1. The van der Waals surface area contributed by atoms with Gasteiger partial charge in [0, 0.05) is 18.2 Å². The largest absolute Gasteiger partial charge is 0.294 e. The Kier molecular flexibility index (Phi) is 2.39. The van der Waals surface area contributed by atoms with E-state index in [0.717, 1.165) is 17.7 Å². The van der Waals surface area contributed by atoms with Crippen LogP contribution >= 0.6 is 0 Å². The zero-order chi connectivity index (χ0) is 10.9. The van der Waals surface area contributed by atoms with Crippen LogP contribution in [0.15, 0.2) is 24.7 Å². The van der Waals surface area contributed by atoms with E-state index >= 15 is 0 Å². The lowest BCUT2D eigenvalue weighted by Crippen LogP contribution is -2.19. The number of rotatable bonds is 1. The minimum absolute atomic E-state index is 0.0915. The first kappa shape index (κ1) is 10.0. The lowest BCUT2D eigenvalue weighted by Gasteiger charge is -2.26. The molecule has 15 heavy (non-hydrogen) atoms. The molecule has 3 nitrogen and oxygen atoms in total. The van der Waals surface area contributed by atoms with Gasteiger partial charge in [-0.25, -0.2) is 9.97 Å². The van der Waals surface area contributed by atoms with Gasteiger partial charge in [-0.15, -0.1) is 0 Å². The third-order valence-electron chi connectivity index (χ3n) is 2.69. The predicted octanol–water partition coefficient (Wildman–Crippen LogP) is 2.25. The van der Waals surface area contributed by atoms with Gasteiger partial charge in [0.15, 0.2) is 5.78 Å². The number of allylic oxidation sites excluding steroid dienone is 2. The van der Waals surface area contributed by atoms with Crippen LogP contribution in [0, 0.1) is 5.41 Å². The van der Waals surface area contributed by atoms with Gasteiger partial charge in [-0.3, -0.25) is 4.79 Å². The Bertz CT molecular complexity index is 407. The summed E-state index contributed by atoms with van der Waals surface area (Å²) < 4.78 is 0. The van der Waals surface area contributed by atoms with E-state index in [9.17, 15) is 4.79 Å². The zero-order valence-electron chi connectivity index (χ0n) is 9.03. The van der Waals surface area contributed by atoms with Gasteiger partial charge in [-0.1, -0.05) is 19.9 Å². The van der Waals surface area contributed by atoms with Crippen LogP contribution in [-0.4, -0.2) is 15.8 Å². The van der Waals surface area contributed by atoms with Crippen molar-refractivity contribution >= 4 is 11.4 Å². The summed E-state index contributed by atoms with van der Waals surface area (Å²) in [5.41, 5.74) is 1.57. The van der Waals surface area contributed by atoms with E-state index in [2.05, 4.69) is 23.8 Å². The second-order valence-electron chi connectivity index (χ2n) is 4.56. The molecule has 0 aliphatic heterocycles. The molecule has 0 saturated heterocycles. The summed E-state index contributed by atoms with van der Waals surface area (Å²) in [7, 11) is 0. The maximum Gasteiger partial charge on any atom is 0.164 e. The van der Waals surface area contributed by atoms with Crippen LogP contribution in [0.2, 0.25) is 0 Å². The normalized spacial score (nSPS) is 19.9. The van der Waals surface area contributed by atoms with E-state index in [1.807, 2.05) is 6.08 Å². The van der Waals surface area contributed by atoms with Gasteiger partial charge in [0.05, 0.1) is 5.69 Å². The van der Waals surface area contributed by atoms with Crippen molar-refractivity contribution in [2.24, 2.45) is 5.41 Å². The van der Waals surface area contributed by atoms with Crippen LogP contribution in [-0.2, 0) is 4.79 Å². The molecule has 1 heterocycles. The number of Topliss-reactive ketones (excluding diaryl/α,β-unsaturated/α-hetero) is 1. The zero-order valence-corrected chi connectivity index (χ0v) is 9.03. The smallest absolute Gasteiger partial charge is 0.164 e. The fourth-order valence-corrected chi connectivity index (χ4v) is 1.78. The number of nitrogens with zero attached hydrogens (tertiary/aromatic N) is 2. The molecule has 1 aliphatic rings. The average Bonchev–Trinajstić information content (AvgIpc) is 2.23. The second kappa shape index (κ2) is 3.57. The van der Waals surface area contributed by atoms with Crippen molar-refractivity contribution in [2.45, 2.75) is 26.7 Å². The Balaban J connectivity index is 2.43. The first-order valence-electron chi connectivity index (χ1n) is 5.11. The average molecular weight is 202 g/mol. The molecule has 0 atom stereocenters. The molecule has 3 heteroatoms. The van der Waals surface area contributed by atoms with Crippen molar-refractivity contribution in [3.05, 3.63) is 30.4 Å². The lowest BCUT2D eigenvalue weighted by atomic mass is 9.78. The van der Waals surface area contributed by atoms with Crippen molar-refractivity contribution in [2.75, 3.05) is 0 Å². The molecule has 1 aromatic heterocycles. The van der Waals surface area contributed by atoms with Crippen LogP contribution < -0.4 is 0 Å². The van der Waals surface area contributed by atoms with E-state index in [-0.39, 0.29) is 11.2 Å². The quantitative estimate of drug-likeness (QED) is 0.701. The van der Waals surface area contributed by atoms with Crippen LogP contribution in [0.25, 0.3) is 5.57 Å². The molecule has 0 saturated carbocycles. The molecule has 2 rings (SSSR count). The van der Waals surface area contributed by atoms with Gasteiger partial charge in [0.2, 0.25) is 0 Å². The Morgan fingerprint density at radius 2 is 2.20 bits per heavy atom. The van der Waals surface area contributed by atoms with Crippen molar-refractivity contribution in [1.82, 2.24) is 9.97 Å². The summed E-state index contributed by atoms with van der Waals surface area (Å²) in [6, 6.07) is 1.78. The van der Waals surface area contributed by atoms with Crippen molar-refractivity contribution < 1.29 is 4.79 Å². The second-order valence-corrected chi connectivity index (χ2v) is 4.56. The number of carbonyl (C=O) groups is 1. The summed E-state index contributed by atoms with van der Waals surface area (Å²) in [6.45, 7) is 4.28. The van der Waals surface area contributed by atoms with Crippen LogP contribution in [0.5, 0.6) is 0 Å². The Morgan fingerprint density at radius 3 is 2.87 bits per heavy atom. The molecule has 0 aromatic carbocycles.